The van der Waals surface area contributed by atoms with Gasteiger partial charge in [-0.2, -0.15) is 32.1 Å². The van der Waals surface area contributed by atoms with E-state index in [1.54, 1.807) is 35.1 Å². The van der Waals surface area contributed by atoms with Gasteiger partial charge in [-0.05, 0) is 68.5 Å². The number of carbonyl (C=O) groups excluding carboxylic acids is 2. The Bertz CT molecular complexity index is 2710. The number of likely N-dealkylation sites (tertiary alicyclic amines) is 1. The Morgan fingerprint density at radius 1 is 0.983 bits per heavy atom. The van der Waals surface area contributed by atoms with Crippen molar-refractivity contribution in [3.8, 4) is 22.4 Å². The van der Waals surface area contributed by atoms with E-state index in [0.29, 0.717) is 39.6 Å². The van der Waals surface area contributed by atoms with Crippen molar-refractivity contribution in [1.29, 1.82) is 0 Å². The predicted molar refractivity (Wildman–Crippen MR) is 200 cm³/mol. The van der Waals surface area contributed by atoms with Crippen LogP contribution in [0.3, 0.4) is 0 Å². The molecule has 1 aliphatic heterocycles. The number of imidazole rings is 1. The Kier molecular flexibility index (Phi) is 9.73. The molecular formula is C40H37F7N10O3. The van der Waals surface area contributed by atoms with Crippen LogP contribution in [-0.2, 0) is 35.8 Å². The molecule has 2 fully saturated rings. The number of aromatic nitrogens is 8. The van der Waals surface area contributed by atoms with Gasteiger partial charge in [0, 0.05) is 68.0 Å². The minimum absolute atomic E-state index is 0.0725. The molecule has 0 unspecified atom stereocenters. The molecule has 314 valence electrons. The normalized spacial score (nSPS) is 18.6. The van der Waals surface area contributed by atoms with Crippen LogP contribution in [0.4, 0.5) is 30.7 Å². The summed E-state index contributed by atoms with van der Waals surface area (Å²) < 4.78 is 103. The fourth-order valence-corrected chi connectivity index (χ4v) is 8.19. The number of hydrogen-bond donors (Lipinski definition) is 1. The molecule has 1 aliphatic carbocycles. The maximum atomic E-state index is 15.9. The third-order valence-corrected chi connectivity index (χ3v) is 11.2. The molecule has 20 heteroatoms. The molecule has 0 bridgehead atoms. The highest BCUT2D eigenvalue weighted by molar-refractivity contribution is 5.94. The minimum atomic E-state index is -4.90. The molecule has 6 heterocycles. The molecule has 1 saturated carbocycles. The van der Waals surface area contributed by atoms with Crippen molar-refractivity contribution in [3.05, 3.63) is 112 Å². The van der Waals surface area contributed by atoms with Crippen molar-refractivity contribution in [2.45, 2.75) is 76.8 Å². The Morgan fingerprint density at radius 3 is 2.42 bits per heavy atom. The first-order valence-corrected chi connectivity index (χ1v) is 18.8. The molecule has 2 aliphatic rings. The molecule has 6 aromatic rings. The van der Waals surface area contributed by atoms with Crippen molar-refractivity contribution in [2.75, 3.05) is 6.54 Å². The van der Waals surface area contributed by atoms with Crippen LogP contribution in [0.1, 0.15) is 61.7 Å². The van der Waals surface area contributed by atoms with Crippen LogP contribution in [0.2, 0.25) is 0 Å². The van der Waals surface area contributed by atoms with E-state index in [9.17, 15) is 40.7 Å². The van der Waals surface area contributed by atoms with E-state index in [2.05, 4.69) is 25.5 Å². The fraction of sp³-hybridized carbons (Fsp3) is 0.375. The summed E-state index contributed by atoms with van der Waals surface area (Å²) in [5, 5.41) is 10.2. The van der Waals surface area contributed by atoms with Crippen molar-refractivity contribution in [3.63, 3.8) is 0 Å². The highest BCUT2D eigenvalue weighted by Gasteiger charge is 2.66. The lowest BCUT2D eigenvalue weighted by Crippen LogP contribution is -2.56. The van der Waals surface area contributed by atoms with Gasteiger partial charge in [-0.1, -0.05) is 12.1 Å². The Morgan fingerprint density at radius 2 is 1.73 bits per heavy atom. The predicted octanol–water partition coefficient (Wildman–Crippen LogP) is 6.07. The van der Waals surface area contributed by atoms with Gasteiger partial charge in [0.25, 0.3) is 5.56 Å². The number of fused-ring (bicyclic) bond motifs is 1. The van der Waals surface area contributed by atoms with Gasteiger partial charge in [-0.25, -0.2) is 23.4 Å². The summed E-state index contributed by atoms with van der Waals surface area (Å²) in [6.45, 7) is 1.53. The minimum Gasteiger partial charge on any atom is -0.348 e. The van der Waals surface area contributed by atoms with Crippen molar-refractivity contribution < 1.29 is 40.3 Å². The third kappa shape index (κ3) is 7.42. The van der Waals surface area contributed by atoms with Gasteiger partial charge in [0.05, 0.1) is 35.1 Å². The molecular weight excluding hydrogens is 801 g/mol. The van der Waals surface area contributed by atoms with Gasteiger partial charge in [0.1, 0.15) is 11.9 Å². The molecule has 13 nitrogen and oxygen atoms in total. The zero-order valence-electron chi connectivity index (χ0n) is 32.5. The van der Waals surface area contributed by atoms with Gasteiger partial charge >= 0.3 is 12.7 Å². The number of alkyl halides is 5. The highest BCUT2D eigenvalue weighted by Crippen LogP contribution is 2.65. The summed E-state index contributed by atoms with van der Waals surface area (Å²) in [6.07, 6.45) is 3.95. The number of hydrogen-bond acceptors (Lipinski definition) is 7. The van der Waals surface area contributed by atoms with Crippen LogP contribution in [0, 0.1) is 24.0 Å². The Balaban J connectivity index is 1.05. The number of nitrogens with zero attached hydrogens (tertiary/aromatic N) is 9. The lowest BCUT2D eigenvalue weighted by molar-refractivity contribution is -0.141. The van der Waals surface area contributed by atoms with Crippen LogP contribution in [-0.4, -0.2) is 73.3 Å². The topological polar surface area (TPSA) is 137 Å². The van der Waals surface area contributed by atoms with E-state index in [-0.39, 0.29) is 36.2 Å². The number of carbonyl (C=O) groups is 2. The maximum Gasteiger partial charge on any atom is 0.435 e. The van der Waals surface area contributed by atoms with E-state index >= 15 is 4.39 Å². The van der Waals surface area contributed by atoms with Crippen LogP contribution in [0.25, 0.3) is 28.2 Å². The van der Waals surface area contributed by atoms with Gasteiger partial charge in [-0.3, -0.25) is 23.5 Å². The second-order valence-electron chi connectivity index (χ2n) is 16.1. The van der Waals surface area contributed by atoms with Crippen molar-refractivity contribution in [1.82, 2.24) is 48.7 Å². The standard InChI is InChI=1S/C40H37F7N10O3/c1-21-16-54-19-25(15-48-37(54)50-21)23-5-6-26(28(41)10-23)27-13-39(27)7-8-55(35(39)60)31(9-22-14-49-56(17-22)36(43)44)33(58)51-38(2,3)20-57-30(12-32(52-57)40(45,46)47)24-11-29(42)34(59)53(4)18-24/h5-6,10-12,14-19,27,31,36H,7-9,13,20H2,1-4H3,(H,51,58)/t27-,31-,39+/m1/s1. The zero-order valence-corrected chi connectivity index (χ0v) is 32.5. The average Bonchev–Trinajstić information content (AvgIpc) is 3.59. The first kappa shape index (κ1) is 40.4. The molecule has 1 spiro atoms. The van der Waals surface area contributed by atoms with Gasteiger partial charge in [0.15, 0.2) is 11.5 Å². The van der Waals surface area contributed by atoms with Crippen LogP contribution >= 0.6 is 0 Å². The molecule has 2 amide bonds. The number of pyridine rings is 1. The number of halogens is 7. The van der Waals surface area contributed by atoms with Crippen LogP contribution in [0.15, 0.2) is 72.3 Å². The fourth-order valence-electron chi connectivity index (χ4n) is 8.19. The van der Waals surface area contributed by atoms with E-state index in [1.165, 1.54) is 31.9 Å². The first-order chi connectivity index (χ1) is 28.2. The summed E-state index contributed by atoms with van der Waals surface area (Å²) in [6, 6.07) is 4.94. The number of rotatable bonds is 11. The second kappa shape index (κ2) is 14.4. The van der Waals surface area contributed by atoms with Crippen molar-refractivity contribution in [2.24, 2.45) is 12.5 Å². The van der Waals surface area contributed by atoms with E-state index < -0.39 is 76.9 Å². The van der Waals surface area contributed by atoms with Crippen molar-refractivity contribution >= 4 is 17.6 Å². The highest BCUT2D eigenvalue weighted by atomic mass is 19.4. The first-order valence-electron chi connectivity index (χ1n) is 18.8. The number of benzene rings is 1. The Hall–Kier alpha value is -6.34. The second-order valence-corrected chi connectivity index (χ2v) is 16.1. The van der Waals surface area contributed by atoms with Crippen LogP contribution < -0.4 is 10.9 Å². The van der Waals surface area contributed by atoms with Crippen LogP contribution in [0.5, 0.6) is 0 Å². The van der Waals surface area contributed by atoms with E-state index in [1.807, 2.05) is 6.92 Å². The van der Waals surface area contributed by atoms with E-state index in [4.69, 9.17) is 0 Å². The molecule has 1 aromatic carbocycles. The number of aryl methyl sites for hydroxylation is 2. The number of amides is 2. The van der Waals surface area contributed by atoms with Gasteiger partial charge in [0.2, 0.25) is 17.6 Å². The summed E-state index contributed by atoms with van der Waals surface area (Å²) in [5.74, 6) is -2.92. The molecule has 1 saturated heterocycles. The average molecular weight is 839 g/mol. The quantitative estimate of drug-likeness (QED) is 0.157. The Labute approximate surface area is 336 Å². The lowest BCUT2D eigenvalue weighted by atomic mass is 9.95. The number of nitrogens with one attached hydrogen (secondary N) is 1. The molecule has 60 heavy (non-hydrogen) atoms. The summed E-state index contributed by atoms with van der Waals surface area (Å²) >= 11 is 0. The smallest absolute Gasteiger partial charge is 0.348 e. The summed E-state index contributed by atoms with van der Waals surface area (Å²) in [7, 11) is 1.23. The van der Waals surface area contributed by atoms with E-state index in [0.717, 1.165) is 39.6 Å². The lowest BCUT2D eigenvalue weighted by Gasteiger charge is -2.33. The molecule has 3 atom stereocenters. The summed E-state index contributed by atoms with van der Waals surface area (Å²) in [4.78, 5) is 50.7. The van der Waals surface area contributed by atoms with Gasteiger partial charge < -0.3 is 14.8 Å². The maximum absolute atomic E-state index is 15.9. The SMILES string of the molecule is Cc1cn2cc(-c3ccc([C@H]4C[C@@]45CCN([C@H](Cc4cnn(C(F)F)c4)C(=O)NC(C)(C)Cn4nc(C(F)(F)F)cc4-c4cc(F)c(=O)n(C)c4)C5=O)c(F)c3)cnc2n1. The molecule has 1 N–H and O–H groups in total. The largest absolute Gasteiger partial charge is 0.435 e. The zero-order chi connectivity index (χ0) is 43.1. The summed E-state index contributed by atoms with van der Waals surface area (Å²) in [5.41, 5.74) is -2.49. The molecule has 0 radical (unpaired) electrons. The third-order valence-electron chi connectivity index (χ3n) is 11.2. The van der Waals surface area contributed by atoms with Gasteiger partial charge in [-0.15, -0.1) is 0 Å². The molecule has 5 aromatic heterocycles. The monoisotopic (exact) mass is 838 g/mol. The molecule has 8 rings (SSSR count).